The van der Waals surface area contributed by atoms with Crippen molar-refractivity contribution >= 4 is 29.5 Å². The molecule has 4 heterocycles. The molecule has 0 saturated carbocycles. The predicted molar refractivity (Wildman–Crippen MR) is 127 cm³/mol. The van der Waals surface area contributed by atoms with E-state index in [0.29, 0.717) is 39.1 Å². The first kappa shape index (κ1) is 24.3. The van der Waals surface area contributed by atoms with Gasteiger partial charge < -0.3 is 19.6 Å². The molecule has 8 heteroatoms. The van der Waals surface area contributed by atoms with Crippen LogP contribution in [0.2, 0.25) is 0 Å². The highest BCUT2D eigenvalue weighted by Gasteiger charge is 2.70. The first-order valence-electron chi connectivity index (χ1n) is 12.4. The maximum atomic E-state index is 13.9. The number of likely N-dealkylation sites (tertiary alicyclic amines) is 1. The fraction of sp³-hybridized carbons (Fsp3) is 0.720. The van der Waals surface area contributed by atoms with E-state index in [2.05, 4.69) is 25.2 Å². The van der Waals surface area contributed by atoms with Gasteiger partial charge in [0, 0.05) is 31.5 Å². The topological polar surface area (TPSA) is 87.2 Å². The number of thioether (sulfide) groups is 1. The third-order valence-electron chi connectivity index (χ3n) is 7.27. The van der Waals surface area contributed by atoms with Crippen LogP contribution in [0.25, 0.3) is 0 Å². The average Bonchev–Trinajstić information content (AvgIpc) is 3.19. The standard InChI is InChI=1S/C25H36N2O5S/c1-2-3-13-26-14-10-12-25-20(22(29)27(15-7-8-16-28)21(25)23(26)30)19-18(33-25)11-6-4-5-9-17-32-24(19)31/h6,10-12,18-21,28H,2-5,7-9,13-17H2,1H3/b11-6-/t18-,19+,20+,21?,25+/m1/s1. The smallest absolute Gasteiger partial charge is 0.311 e. The van der Waals surface area contributed by atoms with Gasteiger partial charge in [-0.2, -0.15) is 0 Å². The van der Waals surface area contributed by atoms with Crippen LogP contribution in [-0.2, 0) is 19.1 Å². The molecule has 7 nitrogen and oxygen atoms in total. The summed E-state index contributed by atoms with van der Waals surface area (Å²) in [6.45, 7) is 4.12. The molecule has 0 radical (unpaired) electrons. The summed E-state index contributed by atoms with van der Waals surface area (Å²) in [6.07, 6.45) is 14.0. The summed E-state index contributed by atoms with van der Waals surface area (Å²) >= 11 is 1.59. The number of rotatable bonds is 7. The van der Waals surface area contributed by atoms with Crippen molar-refractivity contribution in [1.82, 2.24) is 9.80 Å². The van der Waals surface area contributed by atoms with E-state index in [4.69, 9.17) is 4.74 Å². The molecule has 2 saturated heterocycles. The number of aliphatic hydroxyl groups excluding tert-OH is 1. The van der Waals surface area contributed by atoms with Gasteiger partial charge in [-0.05, 0) is 38.5 Å². The number of fused-ring (bicyclic) bond motifs is 2. The first-order valence-corrected chi connectivity index (χ1v) is 13.3. The van der Waals surface area contributed by atoms with Gasteiger partial charge in [-0.3, -0.25) is 14.4 Å². The number of ether oxygens (including phenoxy) is 1. The van der Waals surface area contributed by atoms with Gasteiger partial charge in [0.25, 0.3) is 0 Å². The molecule has 2 amide bonds. The van der Waals surface area contributed by atoms with Crippen molar-refractivity contribution < 1.29 is 24.2 Å². The van der Waals surface area contributed by atoms with E-state index in [9.17, 15) is 19.5 Å². The summed E-state index contributed by atoms with van der Waals surface area (Å²) in [4.78, 5) is 44.6. The molecule has 0 aliphatic carbocycles. The SMILES string of the molecule is CCCCN1CC=C[C@]23S[C@@H]4/C=C\CCCCOC(=O)[C@@H]4[C@H]2C(=O)N(CCCCO)C3C1=O. The maximum Gasteiger partial charge on any atom is 0.311 e. The van der Waals surface area contributed by atoms with Crippen LogP contribution >= 0.6 is 11.8 Å². The lowest BCUT2D eigenvalue weighted by Gasteiger charge is -2.35. The average molecular weight is 477 g/mol. The van der Waals surface area contributed by atoms with E-state index in [1.807, 2.05) is 11.0 Å². The van der Waals surface area contributed by atoms with Crippen molar-refractivity contribution in [2.75, 3.05) is 32.8 Å². The Kier molecular flexibility index (Phi) is 7.84. The fourth-order valence-corrected chi connectivity index (χ4v) is 7.65. The van der Waals surface area contributed by atoms with Gasteiger partial charge in [-0.15, -0.1) is 11.8 Å². The molecule has 1 unspecified atom stereocenters. The summed E-state index contributed by atoms with van der Waals surface area (Å²) in [6, 6.07) is -0.631. The highest BCUT2D eigenvalue weighted by molar-refractivity contribution is 8.02. The highest BCUT2D eigenvalue weighted by atomic mass is 32.2. The van der Waals surface area contributed by atoms with Crippen molar-refractivity contribution in [3.8, 4) is 0 Å². The van der Waals surface area contributed by atoms with Crippen molar-refractivity contribution in [3.63, 3.8) is 0 Å². The van der Waals surface area contributed by atoms with Gasteiger partial charge >= 0.3 is 5.97 Å². The maximum absolute atomic E-state index is 13.9. The molecule has 1 N–H and O–H groups in total. The monoisotopic (exact) mass is 476 g/mol. The van der Waals surface area contributed by atoms with E-state index in [1.54, 1.807) is 16.7 Å². The highest BCUT2D eigenvalue weighted by Crippen LogP contribution is 2.60. The summed E-state index contributed by atoms with van der Waals surface area (Å²) in [5, 5.41) is 9.08. The van der Waals surface area contributed by atoms with Crippen LogP contribution in [0.4, 0.5) is 0 Å². The van der Waals surface area contributed by atoms with Crippen LogP contribution in [0.5, 0.6) is 0 Å². The molecule has 33 heavy (non-hydrogen) atoms. The zero-order chi connectivity index (χ0) is 23.4. The van der Waals surface area contributed by atoms with Crippen LogP contribution < -0.4 is 0 Å². The molecule has 0 aromatic heterocycles. The van der Waals surface area contributed by atoms with Crippen LogP contribution in [0.1, 0.15) is 51.9 Å². The van der Waals surface area contributed by atoms with Crippen molar-refractivity contribution in [2.45, 2.75) is 67.9 Å². The Balaban J connectivity index is 1.74. The molecule has 4 aliphatic heterocycles. The minimum absolute atomic E-state index is 0.0261. The number of hydrogen-bond donors (Lipinski definition) is 1. The predicted octanol–water partition coefficient (Wildman–Crippen LogP) is 2.54. The minimum atomic E-state index is -0.777. The second kappa shape index (κ2) is 10.6. The lowest BCUT2D eigenvalue weighted by molar-refractivity contribution is -0.153. The Labute approximate surface area is 200 Å². The zero-order valence-electron chi connectivity index (χ0n) is 19.5. The number of esters is 1. The number of amides is 2. The number of allylic oxidation sites excluding steroid dienone is 1. The van der Waals surface area contributed by atoms with Crippen LogP contribution in [-0.4, -0.2) is 81.6 Å². The second-order valence-corrected chi connectivity index (χ2v) is 10.9. The number of aliphatic hydroxyl groups is 1. The Hall–Kier alpha value is -1.80. The summed E-state index contributed by atoms with van der Waals surface area (Å²) in [7, 11) is 0. The number of cyclic esters (lactones) is 1. The molecule has 182 valence electrons. The number of hydrogen-bond acceptors (Lipinski definition) is 6. The number of carbonyl (C=O) groups is 3. The van der Waals surface area contributed by atoms with Crippen molar-refractivity contribution in [2.24, 2.45) is 11.8 Å². The Morgan fingerprint density at radius 3 is 2.76 bits per heavy atom. The van der Waals surface area contributed by atoms with E-state index in [0.717, 1.165) is 32.1 Å². The van der Waals surface area contributed by atoms with Gasteiger partial charge in [0.2, 0.25) is 11.8 Å². The van der Waals surface area contributed by atoms with Gasteiger partial charge in [0.1, 0.15) is 6.04 Å². The van der Waals surface area contributed by atoms with E-state index in [1.165, 1.54) is 0 Å². The molecule has 5 atom stereocenters. The lowest BCUT2D eigenvalue weighted by atomic mass is 9.78. The Morgan fingerprint density at radius 1 is 1.12 bits per heavy atom. The van der Waals surface area contributed by atoms with E-state index < -0.39 is 22.6 Å². The van der Waals surface area contributed by atoms with Gasteiger partial charge in [-0.1, -0.05) is 37.6 Å². The molecule has 0 aromatic carbocycles. The van der Waals surface area contributed by atoms with Crippen molar-refractivity contribution in [3.05, 3.63) is 24.3 Å². The second-order valence-electron chi connectivity index (χ2n) is 9.44. The number of unbranched alkanes of at least 4 members (excludes halogenated alkanes) is 2. The summed E-state index contributed by atoms with van der Waals surface area (Å²) < 4.78 is 4.85. The largest absolute Gasteiger partial charge is 0.465 e. The molecule has 4 aliphatic rings. The molecule has 0 aromatic rings. The van der Waals surface area contributed by atoms with Crippen molar-refractivity contribution in [1.29, 1.82) is 0 Å². The van der Waals surface area contributed by atoms with E-state index >= 15 is 0 Å². The first-order chi connectivity index (χ1) is 16.0. The Bertz CT molecular complexity index is 815. The van der Waals surface area contributed by atoms with Crippen LogP contribution in [0.15, 0.2) is 24.3 Å². The minimum Gasteiger partial charge on any atom is -0.465 e. The number of nitrogens with zero attached hydrogens (tertiary/aromatic N) is 2. The normalized spacial score (nSPS) is 35.0. The molecule has 1 spiro atoms. The molecular formula is C25H36N2O5S. The summed E-state index contributed by atoms with van der Waals surface area (Å²) in [5.41, 5.74) is 0. The summed E-state index contributed by atoms with van der Waals surface area (Å²) in [5.74, 6) is -1.69. The van der Waals surface area contributed by atoms with Crippen LogP contribution in [0.3, 0.4) is 0 Å². The molecule has 2 fully saturated rings. The van der Waals surface area contributed by atoms with Gasteiger partial charge in [0.05, 0.1) is 23.2 Å². The Morgan fingerprint density at radius 2 is 1.97 bits per heavy atom. The molecule has 0 bridgehead atoms. The quantitative estimate of drug-likeness (QED) is 0.345. The third kappa shape index (κ3) is 4.48. The molecule has 4 rings (SSSR count). The zero-order valence-corrected chi connectivity index (χ0v) is 20.3. The third-order valence-corrected chi connectivity index (χ3v) is 9.02. The lowest BCUT2D eigenvalue weighted by Crippen LogP contribution is -2.53. The van der Waals surface area contributed by atoms with Gasteiger partial charge in [-0.25, -0.2) is 0 Å². The van der Waals surface area contributed by atoms with Crippen LogP contribution in [0, 0.1) is 11.8 Å². The molecular weight excluding hydrogens is 440 g/mol. The van der Waals surface area contributed by atoms with E-state index in [-0.39, 0.29) is 29.6 Å². The fourth-order valence-electron chi connectivity index (χ4n) is 5.65. The van der Waals surface area contributed by atoms with Gasteiger partial charge in [0.15, 0.2) is 0 Å². The number of carbonyl (C=O) groups excluding carboxylic acids is 3.